The number of halogens is 1. The molecule has 0 saturated heterocycles. The monoisotopic (exact) mass is 411 g/mol. The van der Waals surface area contributed by atoms with Gasteiger partial charge in [-0.2, -0.15) is 0 Å². The van der Waals surface area contributed by atoms with E-state index < -0.39 is 0 Å². The molecule has 0 aliphatic rings. The van der Waals surface area contributed by atoms with Crippen molar-refractivity contribution in [2.24, 2.45) is 0 Å². The first-order valence-corrected chi connectivity index (χ1v) is 9.40. The average Bonchev–Trinajstić information content (AvgIpc) is 2.72. The molecule has 0 radical (unpaired) electrons. The lowest BCUT2D eigenvalue weighted by Gasteiger charge is -2.15. The van der Waals surface area contributed by atoms with Crippen molar-refractivity contribution < 1.29 is 19.0 Å². The lowest BCUT2D eigenvalue weighted by atomic mass is 10.1. The number of methoxy groups -OCH3 is 2. The van der Waals surface area contributed by atoms with Crippen molar-refractivity contribution in [3.63, 3.8) is 0 Å². The fraction of sp³-hybridized carbons (Fsp3) is 0.174. The maximum atomic E-state index is 12.9. The molecule has 1 N–H and O–H groups in total. The summed E-state index contributed by atoms with van der Waals surface area (Å²) >= 11 is 6.19. The molecule has 0 atom stereocenters. The van der Waals surface area contributed by atoms with Gasteiger partial charge in [-0.1, -0.05) is 53.6 Å². The van der Waals surface area contributed by atoms with Crippen LogP contribution in [-0.2, 0) is 6.61 Å². The second-order valence-electron chi connectivity index (χ2n) is 6.42. The van der Waals surface area contributed by atoms with Gasteiger partial charge in [0.05, 0.1) is 30.5 Å². The van der Waals surface area contributed by atoms with Crippen molar-refractivity contribution in [2.75, 3.05) is 19.5 Å². The molecular formula is C23H22ClNO4. The van der Waals surface area contributed by atoms with E-state index in [1.54, 1.807) is 30.3 Å². The van der Waals surface area contributed by atoms with Gasteiger partial charge in [-0.05, 0) is 30.7 Å². The highest BCUT2D eigenvalue weighted by atomic mass is 35.5. The van der Waals surface area contributed by atoms with E-state index in [2.05, 4.69) is 5.32 Å². The molecule has 3 aromatic carbocycles. The third kappa shape index (κ3) is 5.00. The number of ether oxygens (including phenoxy) is 3. The smallest absolute Gasteiger partial charge is 0.259 e. The van der Waals surface area contributed by atoms with Crippen LogP contribution in [0.4, 0.5) is 5.69 Å². The van der Waals surface area contributed by atoms with Crippen LogP contribution >= 0.6 is 11.6 Å². The summed E-state index contributed by atoms with van der Waals surface area (Å²) < 4.78 is 16.4. The Bertz CT molecular complexity index is 1020. The molecule has 5 nitrogen and oxygen atoms in total. The minimum absolute atomic E-state index is 0.329. The molecule has 3 aromatic rings. The topological polar surface area (TPSA) is 56.8 Å². The third-order valence-corrected chi connectivity index (χ3v) is 4.63. The molecule has 0 heterocycles. The molecule has 1 amide bonds. The molecule has 6 heteroatoms. The molecule has 0 unspecified atom stereocenters. The normalized spacial score (nSPS) is 10.3. The van der Waals surface area contributed by atoms with Gasteiger partial charge < -0.3 is 19.5 Å². The Morgan fingerprint density at radius 1 is 0.931 bits per heavy atom. The zero-order valence-corrected chi connectivity index (χ0v) is 17.2. The number of hydrogen-bond donors (Lipinski definition) is 1. The van der Waals surface area contributed by atoms with Gasteiger partial charge in [0.1, 0.15) is 23.9 Å². The number of rotatable bonds is 7. The van der Waals surface area contributed by atoms with E-state index in [1.165, 1.54) is 14.2 Å². The van der Waals surface area contributed by atoms with E-state index in [1.807, 2.05) is 37.3 Å². The van der Waals surface area contributed by atoms with Gasteiger partial charge in [0.15, 0.2) is 0 Å². The quantitative estimate of drug-likeness (QED) is 0.558. The van der Waals surface area contributed by atoms with Gasteiger partial charge in [0, 0.05) is 6.07 Å². The number of aryl methyl sites for hydroxylation is 1. The van der Waals surface area contributed by atoms with Crippen LogP contribution in [0.25, 0.3) is 0 Å². The Balaban J connectivity index is 1.81. The highest BCUT2D eigenvalue weighted by Crippen LogP contribution is 2.36. The SMILES string of the molecule is COc1cc(OC)c(NC(=O)c2ccccc2OCc2cccc(C)c2)cc1Cl. The van der Waals surface area contributed by atoms with Crippen molar-refractivity contribution in [2.45, 2.75) is 13.5 Å². The van der Waals surface area contributed by atoms with Crippen molar-refractivity contribution in [1.29, 1.82) is 0 Å². The first-order valence-electron chi connectivity index (χ1n) is 9.02. The van der Waals surface area contributed by atoms with Gasteiger partial charge in [0.2, 0.25) is 0 Å². The van der Waals surface area contributed by atoms with Crippen LogP contribution in [0.2, 0.25) is 5.02 Å². The first kappa shape index (κ1) is 20.6. The van der Waals surface area contributed by atoms with Crippen LogP contribution in [0, 0.1) is 6.92 Å². The molecule has 0 saturated carbocycles. The summed E-state index contributed by atoms with van der Waals surface area (Å²) in [7, 11) is 3.03. The number of anilines is 1. The number of nitrogens with one attached hydrogen (secondary N) is 1. The van der Waals surface area contributed by atoms with Crippen molar-refractivity contribution in [3.8, 4) is 17.2 Å². The van der Waals surface area contributed by atoms with Crippen LogP contribution in [0.5, 0.6) is 17.2 Å². The van der Waals surface area contributed by atoms with E-state index in [4.69, 9.17) is 25.8 Å². The molecule has 0 spiro atoms. The second-order valence-corrected chi connectivity index (χ2v) is 6.82. The first-order chi connectivity index (χ1) is 14.0. The Morgan fingerprint density at radius 3 is 2.41 bits per heavy atom. The lowest BCUT2D eigenvalue weighted by Crippen LogP contribution is -2.14. The fourth-order valence-electron chi connectivity index (χ4n) is 2.89. The highest BCUT2D eigenvalue weighted by Gasteiger charge is 2.16. The van der Waals surface area contributed by atoms with Gasteiger partial charge >= 0.3 is 0 Å². The number of para-hydroxylation sites is 1. The van der Waals surface area contributed by atoms with Gasteiger partial charge in [0.25, 0.3) is 5.91 Å². The van der Waals surface area contributed by atoms with Crippen LogP contribution in [0.3, 0.4) is 0 Å². The van der Waals surface area contributed by atoms with Crippen LogP contribution in [0.1, 0.15) is 21.5 Å². The van der Waals surface area contributed by atoms with Crippen LogP contribution in [-0.4, -0.2) is 20.1 Å². The Hall–Kier alpha value is -3.18. The zero-order chi connectivity index (χ0) is 20.8. The number of hydrogen-bond acceptors (Lipinski definition) is 4. The Morgan fingerprint density at radius 2 is 1.69 bits per heavy atom. The lowest BCUT2D eigenvalue weighted by molar-refractivity contribution is 0.102. The summed E-state index contributed by atoms with van der Waals surface area (Å²) in [5.74, 6) is 1.07. The summed E-state index contributed by atoms with van der Waals surface area (Å²) in [6, 6.07) is 18.3. The van der Waals surface area contributed by atoms with Gasteiger partial charge in [-0.25, -0.2) is 0 Å². The van der Waals surface area contributed by atoms with Crippen LogP contribution < -0.4 is 19.5 Å². The number of carbonyl (C=O) groups is 1. The number of amides is 1. The standard InChI is InChI=1S/C23H22ClNO4/c1-15-7-6-8-16(11-15)14-29-20-10-5-4-9-17(20)23(26)25-19-12-18(24)21(27-2)13-22(19)28-3/h4-13H,14H2,1-3H3,(H,25,26). The number of carbonyl (C=O) groups excluding carboxylic acids is 1. The predicted molar refractivity (Wildman–Crippen MR) is 114 cm³/mol. The summed E-state index contributed by atoms with van der Waals surface area (Å²) in [5, 5.41) is 3.20. The fourth-order valence-corrected chi connectivity index (χ4v) is 3.13. The summed E-state index contributed by atoms with van der Waals surface area (Å²) in [6.07, 6.45) is 0. The van der Waals surface area contributed by atoms with Crippen molar-refractivity contribution in [3.05, 3.63) is 82.4 Å². The van der Waals surface area contributed by atoms with Crippen molar-refractivity contribution in [1.82, 2.24) is 0 Å². The summed E-state index contributed by atoms with van der Waals surface area (Å²) in [4.78, 5) is 12.9. The molecular weight excluding hydrogens is 390 g/mol. The molecule has 29 heavy (non-hydrogen) atoms. The second kappa shape index (κ2) is 9.34. The summed E-state index contributed by atoms with van der Waals surface area (Å²) in [5.41, 5.74) is 3.04. The molecule has 0 aliphatic heterocycles. The van der Waals surface area contributed by atoms with E-state index in [0.29, 0.717) is 40.1 Å². The van der Waals surface area contributed by atoms with Gasteiger partial charge in [-0.3, -0.25) is 4.79 Å². The average molecular weight is 412 g/mol. The molecule has 0 aromatic heterocycles. The Kier molecular flexibility index (Phi) is 6.62. The van der Waals surface area contributed by atoms with Gasteiger partial charge in [-0.15, -0.1) is 0 Å². The minimum Gasteiger partial charge on any atom is -0.495 e. The third-order valence-electron chi connectivity index (χ3n) is 4.33. The Labute approximate surface area is 175 Å². The maximum Gasteiger partial charge on any atom is 0.259 e. The number of benzene rings is 3. The largest absolute Gasteiger partial charge is 0.495 e. The summed E-state index contributed by atoms with van der Waals surface area (Å²) in [6.45, 7) is 2.39. The van der Waals surface area contributed by atoms with Crippen LogP contribution in [0.15, 0.2) is 60.7 Å². The highest BCUT2D eigenvalue weighted by molar-refractivity contribution is 6.32. The molecule has 0 fully saturated rings. The minimum atomic E-state index is -0.329. The van der Waals surface area contributed by atoms with E-state index in [9.17, 15) is 4.79 Å². The van der Waals surface area contributed by atoms with E-state index in [0.717, 1.165) is 11.1 Å². The van der Waals surface area contributed by atoms with E-state index in [-0.39, 0.29) is 5.91 Å². The molecule has 3 rings (SSSR count). The molecule has 0 bridgehead atoms. The zero-order valence-electron chi connectivity index (χ0n) is 16.5. The predicted octanol–water partition coefficient (Wildman–Crippen LogP) is 5.50. The van der Waals surface area contributed by atoms with Crippen molar-refractivity contribution >= 4 is 23.2 Å². The molecule has 0 aliphatic carbocycles. The van der Waals surface area contributed by atoms with E-state index >= 15 is 0 Å². The maximum absolute atomic E-state index is 12.9. The molecule has 150 valence electrons.